The highest BCUT2D eigenvalue weighted by atomic mass is 35.5. The highest BCUT2D eigenvalue weighted by molar-refractivity contribution is 6.31. The van der Waals surface area contributed by atoms with Gasteiger partial charge < -0.3 is 10.6 Å². The van der Waals surface area contributed by atoms with Gasteiger partial charge in [-0.1, -0.05) is 17.7 Å². The van der Waals surface area contributed by atoms with Crippen LogP contribution in [0.4, 0.5) is 5.69 Å². The molecule has 1 heterocycles. The summed E-state index contributed by atoms with van der Waals surface area (Å²) in [7, 11) is 0. The molecule has 1 aliphatic rings. The molecular formula is C16H22ClN3O2. The van der Waals surface area contributed by atoms with Crippen molar-refractivity contribution in [1.82, 2.24) is 10.2 Å². The van der Waals surface area contributed by atoms with Crippen LogP contribution in [-0.4, -0.2) is 42.4 Å². The lowest BCUT2D eigenvalue weighted by molar-refractivity contribution is -0.121. The van der Waals surface area contributed by atoms with E-state index in [4.69, 9.17) is 11.6 Å². The van der Waals surface area contributed by atoms with E-state index >= 15 is 0 Å². The Morgan fingerprint density at radius 2 is 2.00 bits per heavy atom. The predicted molar refractivity (Wildman–Crippen MR) is 88.1 cm³/mol. The van der Waals surface area contributed by atoms with Gasteiger partial charge in [0.05, 0.1) is 6.54 Å². The Morgan fingerprint density at radius 3 is 2.59 bits per heavy atom. The first-order chi connectivity index (χ1) is 10.4. The van der Waals surface area contributed by atoms with Crippen molar-refractivity contribution in [3.8, 4) is 0 Å². The molecule has 0 unspecified atom stereocenters. The summed E-state index contributed by atoms with van der Waals surface area (Å²) in [5.74, 6) is -0.0367. The lowest BCUT2D eigenvalue weighted by Crippen LogP contribution is -2.46. The fraction of sp³-hybridized carbons (Fsp3) is 0.500. The summed E-state index contributed by atoms with van der Waals surface area (Å²) >= 11 is 6.05. The zero-order chi connectivity index (χ0) is 16.1. The van der Waals surface area contributed by atoms with Gasteiger partial charge >= 0.3 is 0 Å². The Morgan fingerprint density at radius 1 is 1.32 bits per heavy atom. The molecule has 0 bridgehead atoms. The van der Waals surface area contributed by atoms with E-state index in [1.54, 1.807) is 6.07 Å². The molecule has 120 valence electrons. The third-order valence-corrected chi connectivity index (χ3v) is 4.22. The number of nitrogens with one attached hydrogen (secondary N) is 2. The molecule has 22 heavy (non-hydrogen) atoms. The number of rotatable bonds is 4. The first kappa shape index (κ1) is 16.8. The molecule has 1 aromatic carbocycles. The summed E-state index contributed by atoms with van der Waals surface area (Å²) in [5, 5.41) is 6.44. The lowest BCUT2D eigenvalue weighted by atomic mass is 10.1. The molecule has 0 spiro atoms. The zero-order valence-corrected chi connectivity index (χ0v) is 13.7. The van der Waals surface area contributed by atoms with Crippen LogP contribution in [0.1, 0.15) is 25.3 Å². The van der Waals surface area contributed by atoms with Crippen molar-refractivity contribution >= 4 is 29.1 Å². The number of carbonyl (C=O) groups is 2. The van der Waals surface area contributed by atoms with Crippen LogP contribution in [0, 0.1) is 6.92 Å². The number of carbonyl (C=O) groups excluding carboxylic acids is 2. The smallest absolute Gasteiger partial charge is 0.238 e. The largest absolute Gasteiger partial charge is 0.354 e. The quantitative estimate of drug-likeness (QED) is 0.893. The van der Waals surface area contributed by atoms with E-state index in [2.05, 4.69) is 15.5 Å². The van der Waals surface area contributed by atoms with Gasteiger partial charge in [0.15, 0.2) is 0 Å². The normalized spacial score (nSPS) is 16.3. The number of halogens is 1. The van der Waals surface area contributed by atoms with Crippen molar-refractivity contribution in [2.24, 2.45) is 0 Å². The average molecular weight is 324 g/mol. The maximum Gasteiger partial charge on any atom is 0.238 e. The summed E-state index contributed by atoms with van der Waals surface area (Å²) in [6, 6.07) is 5.73. The average Bonchev–Trinajstić information content (AvgIpc) is 2.44. The number of piperidine rings is 1. The van der Waals surface area contributed by atoms with Crippen LogP contribution in [-0.2, 0) is 9.59 Å². The molecule has 1 saturated heterocycles. The molecular weight excluding hydrogens is 302 g/mol. The number of amides is 2. The van der Waals surface area contributed by atoms with Gasteiger partial charge in [-0.3, -0.25) is 14.5 Å². The van der Waals surface area contributed by atoms with Crippen LogP contribution in [0.5, 0.6) is 0 Å². The molecule has 2 rings (SSSR count). The van der Waals surface area contributed by atoms with Crippen LogP contribution in [0.15, 0.2) is 18.2 Å². The SMILES string of the molecule is CC(=O)NC1CCN(CC(=O)Nc2ccc(C)c(Cl)c2)CC1. The van der Waals surface area contributed by atoms with Crippen LogP contribution < -0.4 is 10.6 Å². The first-order valence-corrected chi connectivity index (χ1v) is 7.87. The Labute approximate surface area is 136 Å². The van der Waals surface area contributed by atoms with Gasteiger partial charge in [0.2, 0.25) is 11.8 Å². The van der Waals surface area contributed by atoms with Gasteiger partial charge in [0, 0.05) is 36.8 Å². The number of benzene rings is 1. The molecule has 0 radical (unpaired) electrons. The van der Waals surface area contributed by atoms with Crippen LogP contribution in [0.25, 0.3) is 0 Å². The van der Waals surface area contributed by atoms with Crippen molar-refractivity contribution in [3.63, 3.8) is 0 Å². The van der Waals surface area contributed by atoms with Crippen molar-refractivity contribution < 1.29 is 9.59 Å². The molecule has 1 fully saturated rings. The number of aryl methyl sites for hydroxylation is 1. The molecule has 2 amide bonds. The molecule has 1 aromatic rings. The summed E-state index contributed by atoms with van der Waals surface area (Å²) in [5.41, 5.74) is 1.70. The lowest BCUT2D eigenvalue weighted by Gasteiger charge is -2.31. The molecule has 0 aromatic heterocycles. The minimum atomic E-state index is -0.0436. The molecule has 0 saturated carbocycles. The van der Waals surface area contributed by atoms with Gasteiger partial charge in [-0.2, -0.15) is 0 Å². The van der Waals surface area contributed by atoms with E-state index in [-0.39, 0.29) is 17.9 Å². The standard InChI is InChI=1S/C16H22ClN3O2/c1-11-3-4-14(9-15(11)17)19-16(22)10-20-7-5-13(6-8-20)18-12(2)21/h3-4,9,13H,5-8,10H2,1-2H3,(H,18,21)(H,19,22). The maximum atomic E-state index is 12.1. The van der Waals surface area contributed by atoms with Crippen molar-refractivity contribution in [2.75, 3.05) is 25.0 Å². The van der Waals surface area contributed by atoms with Crippen LogP contribution >= 0.6 is 11.6 Å². The summed E-state index contributed by atoms with van der Waals surface area (Å²) < 4.78 is 0. The Balaban J connectivity index is 1.78. The fourth-order valence-corrected chi connectivity index (χ4v) is 2.78. The minimum Gasteiger partial charge on any atom is -0.354 e. The van der Waals surface area contributed by atoms with Crippen LogP contribution in [0.2, 0.25) is 5.02 Å². The topological polar surface area (TPSA) is 61.4 Å². The molecule has 2 N–H and O–H groups in total. The molecule has 0 aliphatic carbocycles. The van der Waals surface area contributed by atoms with E-state index in [9.17, 15) is 9.59 Å². The number of anilines is 1. The first-order valence-electron chi connectivity index (χ1n) is 7.49. The Bertz CT molecular complexity index is 554. The van der Waals surface area contributed by atoms with Gasteiger partial charge in [0.25, 0.3) is 0 Å². The maximum absolute atomic E-state index is 12.1. The van der Waals surface area contributed by atoms with Gasteiger partial charge in [-0.25, -0.2) is 0 Å². The second kappa shape index (κ2) is 7.61. The number of nitrogens with zero attached hydrogens (tertiary/aromatic N) is 1. The minimum absolute atomic E-state index is 0.00689. The third kappa shape index (κ3) is 5.00. The summed E-state index contributed by atoms with van der Waals surface area (Å²) in [6.07, 6.45) is 1.76. The Kier molecular flexibility index (Phi) is 5.80. The Hall–Kier alpha value is -1.59. The fourth-order valence-electron chi connectivity index (χ4n) is 2.60. The van der Waals surface area contributed by atoms with Crippen LogP contribution in [0.3, 0.4) is 0 Å². The highest BCUT2D eigenvalue weighted by Gasteiger charge is 2.21. The van der Waals surface area contributed by atoms with Gasteiger partial charge in [-0.05, 0) is 37.5 Å². The number of likely N-dealkylation sites (tertiary alicyclic amines) is 1. The molecule has 1 aliphatic heterocycles. The molecule has 6 heteroatoms. The van der Waals surface area contributed by atoms with Gasteiger partial charge in [-0.15, -0.1) is 0 Å². The van der Waals surface area contributed by atoms with Crippen molar-refractivity contribution in [3.05, 3.63) is 28.8 Å². The van der Waals surface area contributed by atoms with Crippen molar-refractivity contribution in [2.45, 2.75) is 32.7 Å². The molecule has 0 atom stereocenters. The predicted octanol–water partition coefficient (Wildman–Crippen LogP) is 2.19. The van der Waals surface area contributed by atoms with Crippen molar-refractivity contribution in [1.29, 1.82) is 0 Å². The number of hydrogen-bond acceptors (Lipinski definition) is 3. The number of hydrogen-bond donors (Lipinski definition) is 2. The van der Waals surface area contributed by atoms with E-state index in [0.29, 0.717) is 17.3 Å². The monoisotopic (exact) mass is 323 g/mol. The van der Waals surface area contributed by atoms with E-state index in [1.165, 1.54) is 6.92 Å². The second-order valence-corrected chi connectivity index (χ2v) is 6.17. The van der Waals surface area contributed by atoms with Gasteiger partial charge in [0.1, 0.15) is 0 Å². The highest BCUT2D eigenvalue weighted by Crippen LogP contribution is 2.20. The summed E-state index contributed by atoms with van der Waals surface area (Å²) in [6.45, 7) is 5.44. The third-order valence-electron chi connectivity index (χ3n) is 3.82. The molecule has 5 nitrogen and oxygen atoms in total. The zero-order valence-electron chi connectivity index (χ0n) is 13.0. The summed E-state index contributed by atoms with van der Waals surface area (Å²) in [4.78, 5) is 25.2. The van der Waals surface area contributed by atoms with E-state index < -0.39 is 0 Å². The van der Waals surface area contributed by atoms with E-state index in [0.717, 1.165) is 31.5 Å². The van der Waals surface area contributed by atoms with E-state index in [1.807, 2.05) is 19.1 Å². The second-order valence-electron chi connectivity index (χ2n) is 5.76.